The summed E-state index contributed by atoms with van der Waals surface area (Å²) in [5.41, 5.74) is 3.07. The standard InChI is InChI=1S/C19H16O4/c1-23-16(20)11-8-12-6-9-13(10-7-12)17-18(21)14-4-2-3-5-15(14)19(17)22/h2-7,9-10,21H,8,11H2,1H3. The van der Waals surface area contributed by atoms with Crippen LogP contribution in [0.1, 0.15) is 33.5 Å². The minimum atomic E-state index is -0.254. The van der Waals surface area contributed by atoms with Gasteiger partial charge < -0.3 is 9.84 Å². The van der Waals surface area contributed by atoms with Crippen molar-refractivity contribution < 1.29 is 19.4 Å². The Morgan fingerprint density at radius 1 is 1.04 bits per heavy atom. The Bertz CT molecular complexity index is 800. The molecule has 0 saturated carbocycles. The van der Waals surface area contributed by atoms with Gasteiger partial charge in [-0.3, -0.25) is 9.59 Å². The zero-order valence-corrected chi connectivity index (χ0v) is 12.7. The van der Waals surface area contributed by atoms with E-state index in [2.05, 4.69) is 4.74 Å². The van der Waals surface area contributed by atoms with E-state index < -0.39 is 0 Å². The predicted molar refractivity (Wildman–Crippen MR) is 87.0 cm³/mol. The quantitative estimate of drug-likeness (QED) is 0.879. The molecule has 4 nitrogen and oxygen atoms in total. The molecule has 0 unspecified atom stereocenters. The summed E-state index contributed by atoms with van der Waals surface area (Å²) in [6.07, 6.45) is 0.889. The van der Waals surface area contributed by atoms with Crippen LogP contribution in [0.4, 0.5) is 0 Å². The zero-order valence-electron chi connectivity index (χ0n) is 12.7. The van der Waals surface area contributed by atoms with E-state index in [9.17, 15) is 14.7 Å². The van der Waals surface area contributed by atoms with Crippen LogP contribution in [0.2, 0.25) is 0 Å². The van der Waals surface area contributed by atoms with Crippen LogP contribution in [0.15, 0.2) is 48.5 Å². The van der Waals surface area contributed by atoms with Gasteiger partial charge in [-0.15, -0.1) is 0 Å². The summed E-state index contributed by atoms with van der Waals surface area (Å²) in [6, 6.07) is 14.3. The fourth-order valence-corrected chi connectivity index (χ4v) is 2.72. The molecule has 1 aliphatic carbocycles. The van der Waals surface area contributed by atoms with Gasteiger partial charge >= 0.3 is 5.97 Å². The topological polar surface area (TPSA) is 63.6 Å². The summed E-state index contributed by atoms with van der Waals surface area (Å²) in [6.45, 7) is 0. The van der Waals surface area contributed by atoms with Gasteiger partial charge in [0.1, 0.15) is 5.76 Å². The Balaban J connectivity index is 1.85. The molecular weight excluding hydrogens is 292 g/mol. The van der Waals surface area contributed by atoms with E-state index in [0.717, 1.165) is 5.56 Å². The first-order valence-corrected chi connectivity index (χ1v) is 7.35. The number of aryl methyl sites for hydroxylation is 1. The van der Waals surface area contributed by atoms with Crippen LogP contribution in [-0.4, -0.2) is 24.0 Å². The molecular formula is C19H16O4. The third kappa shape index (κ3) is 2.75. The van der Waals surface area contributed by atoms with Crippen LogP contribution in [0, 0.1) is 0 Å². The second-order valence-corrected chi connectivity index (χ2v) is 5.37. The molecule has 1 N–H and O–H groups in total. The molecule has 0 spiro atoms. The van der Waals surface area contributed by atoms with Crippen LogP contribution in [0.25, 0.3) is 11.3 Å². The largest absolute Gasteiger partial charge is 0.507 e. The number of esters is 1. The van der Waals surface area contributed by atoms with Gasteiger partial charge in [0.25, 0.3) is 0 Å². The number of rotatable bonds is 4. The van der Waals surface area contributed by atoms with Crippen molar-refractivity contribution in [2.24, 2.45) is 0 Å². The zero-order chi connectivity index (χ0) is 16.4. The molecule has 2 aromatic rings. The van der Waals surface area contributed by atoms with Crippen LogP contribution in [0.5, 0.6) is 0 Å². The molecule has 0 saturated heterocycles. The van der Waals surface area contributed by atoms with Crippen molar-refractivity contribution in [1.29, 1.82) is 0 Å². The molecule has 1 aliphatic rings. The average molecular weight is 308 g/mol. The highest BCUT2D eigenvalue weighted by atomic mass is 16.5. The fraction of sp³-hybridized carbons (Fsp3) is 0.158. The minimum Gasteiger partial charge on any atom is -0.507 e. The van der Waals surface area contributed by atoms with Crippen LogP contribution < -0.4 is 0 Å². The molecule has 0 radical (unpaired) electrons. The van der Waals surface area contributed by atoms with Gasteiger partial charge in [-0.2, -0.15) is 0 Å². The molecule has 0 aromatic heterocycles. The first-order chi connectivity index (χ1) is 11.1. The van der Waals surface area contributed by atoms with E-state index >= 15 is 0 Å². The van der Waals surface area contributed by atoms with E-state index in [1.54, 1.807) is 36.4 Å². The number of allylic oxidation sites excluding steroid dienone is 1. The van der Waals surface area contributed by atoms with Crippen LogP contribution in [0.3, 0.4) is 0 Å². The van der Waals surface area contributed by atoms with Gasteiger partial charge in [0.15, 0.2) is 5.78 Å². The van der Waals surface area contributed by atoms with Crippen molar-refractivity contribution in [2.45, 2.75) is 12.8 Å². The number of Topliss-reactive ketones (excluding diaryl/α,β-unsaturated/α-hetero) is 1. The molecule has 2 aromatic carbocycles. The molecule has 0 bridgehead atoms. The van der Waals surface area contributed by atoms with Crippen molar-refractivity contribution in [3.8, 4) is 0 Å². The van der Waals surface area contributed by atoms with E-state index in [1.807, 2.05) is 12.1 Å². The van der Waals surface area contributed by atoms with Gasteiger partial charge in [-0.1, -0.05) is 48.5 Å². The van der Waals surface area contributed by atoms with Crippen LogP contribution >= 0.6 is 0 Å². The van der Waals surface area contributed by atoms with Crippen molar-refractivity contribution in [2.75, 3.05) is 7.11 Å². The molecule has 4 heteroatoms. The molecule has 0 amide bonds. The maximum Gasteiger partial charge on any atom is 0.305 e. The van der Waals surface area contributed by atoms with Crippen molar-refractivity contribution in [1.82, 2.24) is 0 Å². The molecule has 0 fully saturated rings. The highest BCUT2D eigenvalue weighted by Gasteiger charge is 2.30. The second-order valence-electron chi connectivity index (χ2n) is 5.37. The number of hydrogen-bond donors (Lipinski definition) is 1. The monoisotopic (exact) mass is 308 g/mol. The molecule has 0 atom stereocenters. The number of fused-ring (bicyclic) bond motifs is 1. The number of ether oxygens (including phenoxy) is 1. The summed E-state index contributed by atoms with van der Waals surface area (Å²) < 4.78 is 4.62. The van der Waals surface area contributed by atoms with Crippen LogP contribution in [-0.2, 0) is 16.0 Å². The highest BCUT2D eigenvalue weighted by Crippen LogP contribution is 2.36. The number of ketones is 1. The molecule has 3 rings (SSSR count). The second kappa shape index (κ2) is 6.08. The molecule has 0 heterocycles. The third-order valence-corrected chi connectivity index (χ3v) is 3.98. The maximum absolute atomic E-state index is 12.5. The van der Waals surface area contributed by atoms with E-state index in [-0.39, 0.29) is 17.5 Å². The number of aliphatic hydroxyl groups excluding tert-OH is 1. The summed E-state index contributed by atoms with van der Waals surface area (Å²) in [7, 11) is 1.37. The third-order valence-electron chi connectivity index (χ3n) is 3.98. The number of carbonyl (C=O) groups excluding carboxylic acids is 2. The lowest BCUT2D eigenvalue weighted by molar-refractivity contribution is -0.140. The fourth-order valence-electron chi connectivity index (χ4n) is 2.72. The van der Waals surface area contributed by atoms with Gasteiger partial charge in [-0.25, -0.2) is 0 Å². The highest BCUT2D eigenvalue weighted by molar-refractivity contribution is 6.38. The minimum absolute atomic E-state index is 0.0212. The molecule has 116 valence electrons. The number of benzene rings is 2. The van der Waals surface area contributed by atoms with Gasteiger partial charge in [0, 0.05) is 17.5 Å². The van der Waals surface area contributed by atoms with Gasteiger partial charge in [0.05, 0.1) is 12.7 Å². The summed E-state index contributed by atoms with van der Waals surface area (Å²) in [5, 5.41) is 10.3. The predicted octanol–water partition coefficient (Wildman–Crippen LogP) is 3.41. The van der Waals surface area contributed by atoms with Gasteiger partial charge in [-0.05, 0) is 17.5 Å². The Hall–Kier alpha value is -2.88. The first kappa shape index (κ1) is 15.0. The van der Waals surface area contributed by atoms with E-state index in [4.69, 9.17) is 0 Å². The Morgan fingerprint density at radius 2 is 1.70 bits per heavy atom. The lowest BCUT2D eigenvalue weighted by atomic mass is 9.99. The normalized spacial score (nSPS) is 13.2. The van der Waals surface area contributed by atoms with E-state index in [1.165, 1.54) is 7.11 Å². The Labute approximate surface area is 134 Å². The summed E-state index contributed by atoms with van der Waals surface area (Å²) in [5.74, 6) is -0.399. The lowest BCUT2D eigenvalue weighted by Gasteiger charge is -2.05. The summed E-state index contributed by atoms with van der Waals surface area (Å²) in [4.78, 5) is 23.6. The SMILES string of the molecule is COC(=O)CCc1ccc(C2=C(O)c3ccccc3C2=O)cc1. The lowest BCUT2D eigenvalue weighted by Crippen LogP contribution is -2.02. The number of methoxy groups -OCH3 is 1. The molecule has 0 aliphatic heterocycles. The first-order valence-electron chi connectivity index (χ1n) is 7.35. The average Bonchev–Trinajstić information content (AvgIpc) is 2.85. The van der Waals surface area contributed by atoms with Gasteiger partial charge in [0.2, 0.25) is 0 Å². The number of hydrogen-bond acceptors (Lipinski definition) is 4. The summed E-state index contributed by atoms with van der Waals surface area (Å²) >= 11 is 0. The Kier molecular flexibility index (Phi) is 3.98. The Morgan fingerprint density at radius 3 is 2.30 bits per heavy atom. The number of aliphatic hydroxyl groups is 1. The van der Waals surface area contributed by atoms with Crippen molar-refractivity contribution in [3.05, 3.63) is 70.8 Å². The maximum atomic E-state index is 12.5. The van der Waals surface area contributed by atoms with Crippen molar-refractivity contribution in [3.63, 3.8) is 0 Å². The van der Waals surface area contributed by atoms with E-state index in [0.29, 0.717) is 35.1 Å². The van der Waals surface area contributed by atoms with Crippen molar-refractivity contribution >= 4 is 23.1 Å². The number of carbonyl (C=O) groups is 2. The smallest absolute Gasteiger partial charge is 0.305 e. The molecule has 23 heavy (non-hydrogen) atoms.